The lowest BCUT2D eigenvalue weighted by Gasteiger charge is -2.31. The van der Waals surface area contributed by atoms with Crippen molar-refractivity contribution in [2.45, 2.75) is 127 Å². The van der Waals surface area contributed by atoms with Crippen LogP contribution in [-0.2, 0) is 16.2 Å². The van der Waals surface area contributed by atoms with Crippen LogP contribution in [0.25, 0.3) is 76.3 Å². The lowest BCUT2D eigenvalue weighted by Crippen LogP contribution is -2.26. The molecule has 131 heavy (non-hydrogen) atoms. The monoisotopic (exact) mass is 1780 g/mol. The Kier molecular flexibility index (Phi) is 27.8. The Labute approximate surface area is 787 Å². The number of aromatic nitrogens is 4. The number of rotatable bonds is 15. The fourth-order valence-corrected chi connectivity index (χ4v) is 19.3. The molecule has 14 heteroatoms. The fourth-order valence-electron chi connectivity index (χ4n) is 16.2. The number of terminal acetylenes is 2. The Morgan fingerprint density at radius 1 is 0.328 bits per heavy atom. The molecule has 0 bridgehead atoms. The second-order valence-electron chi connectivity index (χ2n) is 34.0. The molecule has 0 amide bonds. The SMILES string of the molecule is C#CC#CCOc1cc2c(cc1OCC#CC#C)C1(c3cc(C)ccc3-c3ccc(C)cc31)c1cc(OC#CC#CC)c(OC#CC#CC)cc1-2.Cc1ccc(-c2ccc(-c3ccc(C)s3)c3nsnc23)s1.Cc1ccc(C)c2nsnc12.Cc1ccc(N(c2ccc(-c3ccc(N(c4ccc(C)cc4)c4ccc(C(C)(C)C)cc4)cc3)cc2)c2ccc(C(C)(C)C)cc2)cc1. The Morgan fingerprint density at radius 3 is 1.02 bits per heavy atom. The third-order valence-electron chi connectivity index (χ3n) is 22.8. The first-order chi connectivity index (χ1) is 63.3. The fraction of sp³-hybridized carbons (Fsp3) is 0.179. The molecule has 4 heterocycles. The number of ether oxygens (including phenoxy) is 4. The first-order valence-electron chi connectivity index (χ1n) is 43.0. The maximum Gasteiger partial charge on any atom is 0.184 e. The number of aryl methyl sites for hydroxylation is 8. The first-order valence-corrected chi connectivity index (χ1v) is 46.1. The van der Waals surface area contributed by atoms with E-state index in [2.05, 4.69) is 438 Å². The normalized spacial score (nSPS) is 11.3. The molecule has 2 aliphatic carbocycles. The molecule has 0 saturated heterocycles. The van der Waals surface area contributed by atoms with E-state index >= 15 is 0 Å². The molecule has 0 radical (unpaired) electrons. The van der Waals surface area contributed by atoms with Crippen LogP contribution in [0.4, 0.5) is 34.1 Å². The van der Waals surface area contributed by atoms with Crippen molar-refractivity contribution in [3.05, 3.63) is 331 Å². The van der Waals surface area contributed by atoms with Crippen molar-refractivity contribution in [1.29, 1.82) is 0 Å². The van der Waals surface area contributed by atoms with E-state index in [4.69, 9.17) is 31.8 Å². The highest BCUT2D eigenvalue weighted by Crippen LogP contribution is 2.66. The summed E-state index contributed by atoms with van der Waals surface area (Å²) in [5.41, 5.74) is 33.2. The smallest absolute Gasteiger partial charge is 0.184 e. The van der Waals surface area contributed by atoms with E-state index in [0.29, 0.717) is 23.0 Å². The van der Waals surface area contributed by atoms with E-state index in [0.717, 1.165) is 112 Å². The van der Waals surface area contributed by atoms with Crippen molar-refractivity contribution < 1.29 is 18.9 Å². The summed E-state index contributed by atoms with van der Waals surface area (Å²) in [5.74, 6) is 33.6. The maximum absolute atomic E-state index is 6.25. The van der Waals surface area contributed by atoms with Crippen molar-refractivity contribution >= 4 is 102 Å². The molecule has 0 fully saturated rings. The van der Waals surface area contributed by atoms with Gasteiger partial charge in [0.05, 0.1) is 28.9 Å². The van der Waals surface area contributed by atoms with Crippen LogP contribution in [0.15, 0.2) is 255 Å². The number of thiophene rings is 2. The van der Waals surface area contributed by atoms with Crippen molar-refractivity contribution in [2.24, 2.45) is 0 Å². The molecule has 18 rings (SSSR count). The van der Waals surface area contributed by atoms with E-state index in [1.165, 1.54) is 98.6 Å². The molecule has 16 aromatic rings. The summed E-state index contributed by atoms with van der Waals surface area (Å²) < 4.78 is 41.9. The molecule has 642 valence electrons. The van der Waals surface area contributed by atoms with Crippen molar-refractivity contribution in [3.63, 3.8) is 0 Å². The summed E-state index contributed by atoms with van der Waals surface area (Å²) in [6.45, 7) is 33.9. The molecule has 0 unspecified atom stereocenters. The minimum atomic E-state index is -0.787. The molecule has 0 N–H and O–H groups in total. The lowest BCUT2D eigenvalue weighted by molar-refractivity contribution is 0.314. The average Bonchev–Trinajstić information content (AvgIpc) is 1.50. The Hall–Kier alpha value is -15.0. The van der Waals surface area contributed by atoms with Gasteiger partial charge in [0.1, 0.15) is 47.5 Å². The van der Waals surface area contributed by atoms with Crippen molar-refractivity contribution in [2.75, 3.05) is 23.0 Å². The highest BCUT2D eigenvalue weighted by Gasteiger charge is 2.53. The van der Waals surface area contributed by atoms with Gasteiger partial charge in [-0.25, -0.2) is 0 Å². The summed E-state index contributed by atoms with van der Waals surface area (Å²) >= 11 is 6.18. The highest BCUT2D eigenvalue weighted by molar-refractivity contribution is 7.16. The summed E-state index contributed by atoms with van der Waals surface area (Å²) in [5, 5.41) is 0. The largest absolute Gasteiger partial charge is 0.477 e. The van der Waals surface area contributed by atoms with Gasteiger partial charge in [0.2, 0.25) is 0 Å². The minimum Gasteiger partial charge on any atom is -0.477 e. The molecule has 0 aliphatic heterocycles. The van der Waals surface area contributed by atoms with E-state index in [1.54, 1.807) is 36.5 Å². The van der Waals surface area contributed by atoms with Gasteiger partial charge < -0.3 is 28.7 Å². The summed E-state index contributed by atoms with van der Waals surface area (Å²) in [6, 6.07) is 91.6. The minimum absolute atomic E-state index is 0.0476. The Morgan fingerprint density at radius 2 is 0.656 bits per heavy atom. The van der Waals surface area contributed by atoms with Crippen LogP contribution >= 0.6 is 46.1 Å². The van der Waals surface area contributed by atoms with Gasteiger partial charge in [-0.3, -0.25) is 0 Å². The van der Waals surface area contributed by atoms with E-state index in [1.807, 2.05) is 24.3 Å². The standard InChI is InChI=1S/C47H28O4.C46H48N2.C16H12N2S3.C8H8N2S/c1-7-11-15-23-48-43-29-37-38-30-44(49-24-16-12-8-2)46(51-26-18-14-10-4)32-42(38)47(41(37)31-45(43)50-25-17-13-9-3)39-27-33(5)19-21-35(39)36-22-20-34(6)28-40(36)47;1-33-9-21-39(22-10-33)47(43-29-17-37(18-30-43)45(3,4)5)41-25-13-35(14-26-41)36-15-27-42(28-16-36)48(40-23-11-34(2)12-24-40)44-31-19-38(20-32-44)46(6,7)8;1-9-3-7-13(19-9)11-5-6-12(14-8-4-10(2)20-14)16-15(11)17-21-18-16;1-5-3-4-6(2)8-7(5)9-11-10-8/h1,3,19-22,27-32H,23,25H2,2,4-6H3;9-32H,1-8H3;3-8H,1-2H3;3-4H,1-2H3. The number of benzene rings is 12. The maximum atomic E-state index is 6.25. The number of anilines is 6. The van der Waals surface area contributed by atoms with Crippen LogP contribution in [0.3, 0.4) is 0 Å². The number of nitrogens with zero attached hydrogens (tertiary/aromatic N) is 6. The van der Waals surface area contributed by atoms with Gasteiger partial charge in [-0.05, 0) is 327 Å². The van der Waals surface area contributed by atoms with Gasteiger partial charge in [-0.2, -0.15) is 17.5 Å². The van der Waals surface area contributed by atoms with Gasteiger partial charge in [0.25, 0.3) is 0 Å². The van der Waals surface area contributed by atoms with Crippen molar-refractivity contribution in [3.8, 4) is 173 Å². The van der Waals surface area contributed by atoms with Gasteiger partial charge in [-0.15, -0.1) is 35.5 Å². The number of hydrogen-bond acceptors (Lipinski definition) is 14. The van der Waals surface area contributed by atoms with E-state index in [9.17, 15) is 0 Å². The molecule has 10 nitrogen and oxygen atoms in total. The molecular formula is C117H96N6O4S4. The zero-order valence-electron chi connectivity index (χ0n) is 76.3. The van der Waals surface area contributed by atoms with Gasteiger partial charge in [0.15, 0.2) is 23.0 Å². The zero-order chi connectivity index (χ0) is 92.1. The number of hydrogen-bond donors (Lipinski definition) is 0. The molecular weight excluding hydrogens is 1680 g/mol. The molecule has 4 aromatic heterocycles. The quantitative estimate of drug-likeness (QED) is 0.0924. The van der Waals surface area contributed by atoms with E-state index < -0.39 is 5.41 Å². The predicted molar refractivity (Wildman–Crippen MR) is 549 cm³/mol. The highest BCUT2D eigenvalue weighted by atomic mass is 32.1. The van der Waals surface area contributed by atoms with Crippen LogP contribution in [0.2, 0.25) is 0 Å². The second-order valence-corrected chi connectivity index (χ2v) is 37.7. The molecule has 12 aromatic carbocycles. The van der Waals surface area contributed by atoms with E-state index in [-0.39, 0.29) is 24.0 Å². The predicted octanol–water partition coefficient (Wildman–Crippen LogP) is 29.0. The zero-order valence-corrected chi connectivity index (χ0v) is 79.5. The Balaban J connectivity index is 0.000000150. The number of fused-ring (bicyclic) bond motifs is 12. The van der Waals surface area contributed by atoms with Crippen molar-refractivity contribution in [1.82, 2.24) is 17.5 Å². The first kappa shape index (κ1) is 90.7. The molecule has 0 saturated carbocycles. The summed E-state index contributed by atoms with van der Waals surface area (Å²) in [6.07, 6.45) is 16.1. The third kappa shape index (κ3) is 20.0. The average molecular weight is 1780 g/mol. The van der Waals surface area contributed by atoms with Gasteiger partial charge in [-0.1, -0.05) is 209 Å². The molecule has 0 atom stereocenters. The second kappa shape index (κ2) is 40.1. The Bertz CT molecular complexity index is 7170. The van der Waals surface area contributed by atoms with Crippen LogP contribution in [0, 0.1) is 151 Å². The summed E-state index contributed by atoms with van der Waals surface area (Å²) in [4.78, 5) is 9.84. The molecule has 2 aliphatic rings. The van der Waals surface area contributed by atoms with Crippen LogP contribution in [0.1, 0.15) is 132 Å². The van der Waals surface area contributed by atoms with Gasteiger partial charge >= 0.3 is 0 Å². The van der Waals surface area contributed by atoms with Crippen LogP contribution < -0.4 is 28.7 Å². The molecule has 1 spiro atoms. The topological polar surface area (TPSA) is 95.0 Å². The third-order valence-corrected chi connectivity index (χ3v) is 26.0. The van der Waals surface area contributed by atoms with Crippen LogP contribution in [-0.4, -0.2) is 30.7 Å². The van der Waals surface area contributed by atoms with Crippen LogP contribution in [0.5, 0.6) is 23.0 Å². The van der Waals surface area contributed by atoms with Gasteiger partial charge in [0, 0.05) is 76.6 Å². The lowest BCUT2D eigenvalue weighted by atomic mass is 9.70. The summed E-state index contributed by atoms with van der Waals surface area (Å²) in [7, 11) is 0.